The van der Waals surface area contributed by atoms with Crippen LogP contribution in [-0.4, -0.2) is 39.0 Å². The van der Waals surface area contributed by atoms with E-state index >= 15 is 0 Å². The second kappa shape index (κ2) is 6.72. The van der Waals surface area contributed by atoms with Crippen LogP contribution in [0.25, 0.3) is 0 Å². The van der Waals surface area contributed by atoms with Crippen molar-refractivity contribution in [2.75, 3.05) is 18.5 Å². The van der Waals surface area contributed by atoms with Gasteiger partial charge < -0.3 is 10.0 Å². The van der Waals surface area contributed by atoms with E-state index in [0.29, 0.717) is 12.4 Å². The molecule has 0 aliphatic carbocycles. The topological polar surface area (TPSA) is 70.4 Å². The summed E-state index contributed by atoms with van der Waals surface area (Å²) in [7, 11) is 1.78. The van der Waals surface area contributed by atoms with E-state index in [2.05, 4.69) is 10.4 Å². The first kappa shape index (κ1) is 14.1. The number of aryl methyl sites for hydroxylation is 1. The van der Waals surface area contributed by atoms with E-state index in [1.807, 2.05) is 30.3 Å². The number of nitrogens with one attached hydrogen (secondary N) is 1. The molecule has 0 fully saturated rings. The molecule has 6 nitrogen and oxygen atoms in total. The fraction of sp³-hybridized carbons (Fsp3) is 0.286. The number of rotatable bonds is 5. The van der Waals surface area contributed by atoms with Crippen molar-refractivity contribution in [3.63, 3.8) is 0 Å². The molecule has 2 aromatic rings. The Morgan fingerprint density at radius 1 is 1.35 bits per heavy atom. The average molecular weight is 274 g/mol. The van der Waals surface area contributed by atoms with Gasteiger partial charge in [-0.2, -0.15) is 5.10 Å². The highest BCUT2D eigenvalue weighted by Gasteiger charge is 2.14. The molecular formula is C14H18N4O2. The number of carbonyl (C=O) groups excluding carboxylic acids is 1. The number of aliphatic hydroxyl groups is 1. The van der Waals surface area contributed by atoms with E-state index < -0.39 is 0 Å². The van der Waals surface area contributed by atoms with Crippen LogP contribution in [0.2, 0.25) is 0 Å². The summed E-state index contributed by atoms with van der Waals surface area (Å²) in [5, 5.41) is 15.9. The summed E-state index contributed by atoms with van der Waals surface area (Å²) in [6, 6.07) is 11.1. The van der Waals surface area contributed by atoms with Gasteiger partial charge in [-0.25, -0.2) is 4.79 Å². The number of hydrogen-bond acceptors (Lipinski definition) is 3. The van der Waals surface area contributed by atoms with Crippen LogP contribution < -0.4 is 5.32 Å². The number of aromatic nitrogens is 2. The maximum Gasteiger partial charge on any atom is 0.323 e. The Labute approximate surface area is 117 Å². The Hall–Kier alpha value is -2.34. The molecule has 0 saturated heterocycles. The fourth-order valence-corrected chi connectivity index (χ4v) is 1.85. The number of anilines is 1. The zero-order valence-corrected chi connectivity index (χ0v) is 11.4. The molecule has 20 heavy (non-hydrogen) atoms. The molecule has 2 amide bonds. The Balaban J connectivity index is 2.02. The van der Waals surface area contributed by atoms with Crippen LogP contribution in [0.1, 0.15) is 5.56 Å². The summed E-state index contributed by atoms with van der Waals surface area (Å²) in [5.74, 6) is 0.494. The molecule has 0 radical (unpaired) electrons. The summed E-state index contributed by atoms with van der Waals surface area (Å²) in [6.07, 6.45) is 1.75. The number of benzene rings is 1. The average Bonchev–Trinajstić information content (AvgIpc) is 2.85. The quantitative estimate of drug-likeness (QED) is 0.867. The maximum absolute atomic E-state index is 12.2. The molecule has 0 aliphatic heterocycles. The first-order valence-corrected chi connectivity index (χ1v) is 6.39. The van der Waals surface area contributed by atoms with Crippen LogP contribution in [0, 0.1) is 0 Å². The van der Waals surface area contributed by atoms with Gasteiger partial charge in [-0.3, -0.25) is 10.00 Å². The smallest absolute Gasteiger partial charge is 0.323 e. The van der Waals surface area contributed by atoms with E-state index in [9.17, 15) is 4.79 Å². The van der Waals surface area contributed by atoms with Gasteiger partial charge in [0.05, 0.1) is 6.61 Å². The van der Waals surface area contributed by atoms with Crippen molar-refractivity contribution < 1.29 is 9.90 Å². The molecule has 1 aromatic heterocycles. The summed E-state index contributed by atoms with van der Waals surface area (Å²) < 4.78 is 1.61. The lowest BCUT2D eigenvalue weighted by Crippen LogP contribution is -2.36. The van der Waals surface area contributed by atoms with Gasteiger partial charge in [0.1, 0.15) is 0 Å². The van der Waals surface area contributed by atoms with Crippen LogP contribution in [0.5, 0.6) is 0 Å². The SMILES string of the molecule is Cn1ccc(NC(=O)N(CCO)Cc2ccccc2)n1. The van der Waals surface area contributed by atoms with Crippen LogP contribution in [0.4, 0.5) is 10.6 Å². The van der Waals surface area contributed by atoms with Crippen LogP contribution in [0.3, 0.4) is 0 Å². The van der Waals surface area contributed by atoms with Gasteiger partial charge in [0.2, 0.25) is 0 Å². The Bertz CT molecular complexity index is 553. The van der Waals surface area contributed by atoms with Crippen LogP contribution in [-0.2, 0) is 13.6 Å². The summed E-state index contributed by atoms with van der Waals surface area (Å²) >= 11 is 0. The Morgan fingerprint density at radius 2 is 2.10 bits per heavy atom. The number of urea groups is 1. The number of nitrogens with zero attached hydrogens (tertiary/aromatic N) is 3. The zero-order chi connectivity index (χ0) is 14.4. The molecule has 0 spiro atoms. The Kier molecular flexibility index (Phi) is 4.73. The minimum absolute atomic E-state index is 0.0809. The minimum atomic E-state index is -0.276. The number of hydrogen-bond donors (Lipinski definition) is 2. The molecule has 0 saturated carbocycles. The third-order valence-electron chi connectivity index (χ3n) is 2.82. The summed E-state index contributed by atoms with van der Waals surface area (Å²) in [6.45, 7) is 0.635. The van der Waals surface area contributed by atoms with E-state index in [0.717, 1.165) is 5.56 Å². The summed E-state index contributed by atoms with van der Waals surface area (Å²) in [5.41, 5.74) is 1.01. The van der Waals surface area contributed by atoms with Crippen molar-refractivity contribution in [2.45, 2.75) is 6.54 Å². The van der Waals surface area contributed by atoms with Crippen molar-refractivity contribution in [1.82, 2.24) is 14.7 Å². The molecule has 0 aliphatic rings. The molecule has 1 aromatic carbocycles. The molecule has 0 bridgehead atoms. The van der Waals surface area contributed by atoms with E-state index in [1.54, 1.807) is 28.9 Å². The molecule has 2 rings (SSSR count). The Morgan fingerprint density at radius 3 is 2.70 bits per heavy atom. The predicted molar refractivity (Wildman–Crippen MR) is 76.2 cm³/mol. The van der Waals surface area contributed by atoms with Crippen molar-refractivity contribution >= 4 is 11.8 Å². The van der Waals surface area contributed by atoms with Gasteiger partial charge in [-0.1, -0.05) is 30.3 Å². The van der Waals surface area contributed by atoms with Gasteiger partial charge in [-0.05, 0) is 5.56 Å². The molecule has 0 unspecified atom stereocenters. The normalized spacial score (nSPS) is 10.3. The maximum atomic E-state index is 12.2. The molecule has 6 heteroatoms. The molecule has 1 heterocycles. The highest BCUT2D eigenvalue weighted by atomic mass is 16.3. The highest BCUT2D eigenvalue weighted by molar-refractivity contribution is 5.88. The number of amides is 2. The van der Waals surface area contributed by atoms with Crippen LogP contribution >= 0.6 is 0 Å². The van der Waals surface area contributed by atoms with E-state index in [1.165, 1.54) is 0 Å². The largest absolute Gasteiger partial charge is 0.395 e. The van der Waals surface area contributed by atoms with Crippen molar-refractivity contribution in [3.05, 3.63) is 48.2 Å². The standard InChI is InChI=1S/C14H18N4O2/c1-17-8-7-13(16-17)15-14(20)18(9-10-19)11-12-5-3-2-4-6-12/h2-8,19H,9-11H2,1H3,(H,15,16,20). The second-order valence-electron chi connectivity index (χ2n) is 4.44. The van der Waals surface area contributed by atoms with Crippen LogP contribution in [0.15, 0.2) is 42.6 Å². The highest BCUT2D eigenvalue weighted by Crippen LogP contribution is 2.08. The van der Waals surface area contributed by atoms with Gasteiger partial charge in [0.25, 0.3) is 0 Å². The van der Waals surface area contributed by atoms with Gasteiger partial charge in [0.15, 0.2) is 5.82 Å². The lowest BCUT2D eigenvalue weighted by atomic mass is 10.2. The predicted octanol–water partition coefficient (Wildman–Crippen LogP) is 1.45. The van der Waals surface area contributed by atoms with Crippen molar-refractivity contribution in [3.8, 4) is 0 Å². The molecule has 106 valence electrons. The van der Waals surface area contributed by atoms with Crippen molar-refractivity contribution in [2.24, 2.45) is 7.05 Å². The lowest BCUT2D eigenvalue weighted by Gasteiger charge is -2.21. The second-order valence-corrected chi connectivity index (χ2v) is 4.44. The minimum Gasteiger partial charge on any atom is -0.395 e. The molecule has 0 atom stereocenters. The van der Waals surface area contributed by atoms with Gasteiger partial charge in [0, 0.05) is 32.4 Å². The van der Waals surface area contributed by atoms with Crippen molar-refractivity contribution in [1.29, 1.82) is 0 Å². The third-order valence-corrected chi connectivity index (χ3v) is 2.82. The molecule has 2 N–H and O–H groups in total. The summed E-state index contributed by atoms with van der Waals surface area (Å²) in [4.78, 5) is 13.7. The van der Waals surface area contributed by atoms with Gasteiger partial charge in [-0.15, -0.1) is 0 Å². The monoisotopic (exact) mass is 274 g/mol. The first-order chi connectivity index (χ1) is 9.69. The van der Waals surface area contributed by atoms with Gasteiger partial charge >= 0.3 is 6.03 Å². The lowest BCUT2D eigenvalue weighted by molar-refractivity contribution is 0.185. The van der Waals surface area contributed by atoms with E-state index in [-0.39, 0.29) is 19.2 Å². The first-order valence-electron chi connectivity index (χ1n) is 6.39. The zero-order valence-electron chi connectivity index (χ0n) is 11.4. The molecular weight excluding hydrogens is 256 g/mol. The van der Waals surface area contributed by atoms with E-state index in [4.69, 9.17) is 5.11 Å². The number of aliphatic hydroxyl groups excluding tert-OH is 1. The number of carbonyl (C=O) groups is 1. The third kappa shape index (κ3) is 3.83. The fourth-order valence-electron chi connectivity index (χ4n) is 1.85.